The maximum absolute atomic E-state index is 14.7. The fraction of sp³-hybridized carbons (Fsp3) is 0.590. The van der Waals surface area contributed by atoms with E-state index in [4.69, 9.17) is 45.8 Å². The standard InChI is InChI=1S/C61H86Br2ClN9O16/c1-34(2)51(70-48(75)20-13-12-14-24-67-60(31-62,32-63)33-74)54(78)68-41(18-16-23-66-57(65)81)53(77)69-42-28-39(84-9)21-22-40(42)55(79)72(7)37(5)56(80)88-47-29-49(76)73(8)43-26-38(27-44(85-10)50(43)64)25-35(3)17-15-19-46(86-11)61(83)30-45(87-58(82)71-61)36(4)52-59(47,6)89-52/h15,17,19,21-22,26-28,33-34,36-37,41,45-47,51-52,67,83H,12-14,16,18,20,23-25,29-32H2,1-11H3,(H,68,78)(H,69,77)(H,70,75)(H,71,82)(H3,65,66,81)/b19-15+,35-17+/t36-,37+,41+,45+,46-,47+,51+,52+,59+,61+/m1/s1. The molecule has 0 saturated carbocycles. The Balaban J connectivity index is 1.40. The van der Waals surface area contributed by atoms with Crippen LogP contribution in [-0.4, -0.2) is 183 Å². The highest BCUT2D eigenvalue weighted by atomic mass is 79.9. The summed E-state index contributed by atoms with van der Waals surface area (Å²) >= 11 is 13.6. The van der Waals surface area contributed by atoms with Crippen LogP contribution in [0, 0.1) is 11.8 Å². The molecule has 0 radical (unpaired) electrons. The Bertz CT molecular complexity index is 2950. The first kappa shape index (κ1) is 73.4. The Kier molecular flexibility index (Phi) is 27.3. The molecule has 2 aromatic rings. The SMILES string of the molecule is COc1ccc(C(=O)N(C)[C@@H](C)C(=O)O[C@H]2CC(=O)N(C)c3cc(cc(OC)c3Cl)C/C(C)=C/C=C/[C@@H](OC)[C@@]3(O)C[C@H](OC(=O)N3)[C@@H](C)[C@@H]3O[C@@]23C)c(NC(=O)[C@H](CCCNC(N)=O)NC(=O)[C@@H](NC(=O)CCCCCNC(C=O)(CBr)CBr)C(C)C)c1. The Morgan fingerprint density at radius 1 is 1.00 bits per heavy atom. The van der Waals surface area contributed by atoms with Gasteiger partial charge in [-0.1, -0.05) is 94.5 Å². The van der Waals surface area contributed by atoms with Gasteiger partial charge in [0.05, 0.1) is 49.2 Å². The third kappa shape index (κ3) is 19.3. The maximum Gasteiger partial charge on any atom is 0.409 e. The summed E-state index contributed by atoms with van der Waals surface area (Å²) in [5.41, 5.74) is 2.90. The maximum atomic E-state index is 14.7. The molecule has 5 rings (SSSR count). The number of halogens is 3. The second kappa shape index (κ2) is 33.1. The second-order valence-corrected chi connectivity index (χ2v) is 24.8. The van der Waals surface area contributed by atoms with Crippen LogP contribution in [0.3, 0.4) is 0 Å². The topological polar surface area (TPSA) is 337 Å². The van der Waals surface area contributed by atoms with E-state index in [0.717, 1.165) is 22.3 Å². The van der Waals surface area contributed by atoms with Gasteiger partial charge in [-0.15, -0.1) is 0 Å². The number of amides is 8. The Morgan fingerprint density at radius 2 is 1.71 bits per heavy atom. The van der Waals surface area contributed by atoms with Crippen molar-refractivity contribution in [1.82, 2.24) is 31.5 Å². The van der Waals surface area contributed by atoms with E-state index >= 15 is 0 Å². The molecule has 2 saturated heterocycles. The van der Waals surface area contributed by atoms with Gasteiger partial charge in [0.1, 0.15) is 64.8 Å². The van der Waals surface area contributed by atoms with Crippen molar-refractivity contribution >= 4 is 109 Å². The number of nitrogens with one attached hydrogen (secondary N) is 6. The number of carbonyl (C=O) groups excluding carboxylic acids is 9. The summed E-state index contributed by atoms with van der Waals surface area (Å²) in [5, 5.41) is 29.4. The number of alkyl carbamates (subject to hydrolysis) is 1. The molecule has 3 aliphatic rings. The van der Waals surface area contributed by atoms with E-state index in [9.17, 15) is 48.3 Å². The number of ether oxygens (including phenoxy) is 6. The minimum Gasteiger partial charge on any atom is -0.497 e. The number of carbonyl (C=O) groups is 9. The molecule has 492 valence electrons. The summed E-state index contributed by atoms with van der Waals surface area (Å²) in [6.07, 6.45) is 2.69. The van der Waals surface area contributed by atoms with E-state index in [1.165, 1.54) is 65.4 Å². The van der Waals surface area contributed by atoms with Crippen LogP contribution < -0.4 is 52.0 Å². The highest BCUT2D eigenvalue weighted by Crippen LogP contribution is 2.49. The molecule has 9 N–H and O–H groups in total. The smallest absolute Gasteiger partial charge is 0.409 e. The first-order chi connectivity index (χ1) is 42.0. The Morgan fingerprint density at radius 3 is 2.34 bits per heavy atom. The monoisotopic (exact) mass is 1390 g/mol. The van der Waals surface area contributed by atoms with Crippen molar-refractivity contribution in [3.63, 3.8) is 0 Å². The number of esters is 1. The molecule has 0 aliphatic carbocycles. The molecule has 0 aromatic heterocycles. The van der Waals surface area contributed by atoms with Gasteiger partial charge in [-0.3, -0.25) is 29.3 Å². The summed E-state index contributed by atoms with van der Waals surface area (Å²) in [6, 6.07) is 3.15. The molecule has 0 unspecified atom stereocenters. The summed E-state index contributed by atoms with van der Waals surface area (Å²) in [7, 11) is 7.07. The highest BCUT2D eigenvalue weighted by molar-refractivity contribution is 9.10. The number of aliphatic hydroxyl groups is 1. The number of epoxide rings is 1. The number of urea groups is 1. The number of unbranched alkanes of at least 4 members (excludes halogenated alkanes) is 2. The van der Waals surface area contributed by atoms with Crippen molar-refractivity contribution in [2.24, 2.45) is 17.6 Å². The van der Waals surface area contributed by atoms with Gasteiger partial charge in [-0.2, -0.15) is 0 Å². The highest BCUT2D eigenvalue weighted by Gasteiger charge is 2.64. The van der Waals surface area contributed by atoms with E-state index in [1.807, 2.05) is 13.0 Å². The number of aldehydes is 1. The lowest BCUT2D eigenvalue weighted by Gasteiger charge is -2.42. The van der Waals surface area contributed by atoms with Crippen LogP contribution >= 0.6 is 43.5 Å². The number of nitrogens with zero attached hydrogens (tertiary/aromatic N) is 2. The van der Waals surface area contributed by atoms with E-state index in [2.05, 4.69) is 63.8 Å². The van der Waals surface area contributed by atoms with Gasteiger partial charge in [0.2, 0.25) is 23.6 Å². The molecular formula is C61H86Br2ClN9O16. The number of allylic oxidation sites excluding steroid dienone is 3. The normalized spacial score (nSPS) is 23.9. The number of anilines is 2. The number of nitrogens with two attached hydrogens (primary N) is 1. The van der Waals surface area contributed by atoms with Crippen LogP contribution in [0.2, 0.25) is 5.02 Å². The molecule has 3 heterocycles. The number of likely N-dealkylation sites (N-methyl/N-ethyl adjacent to an activating group) is 1. The number of rotatable bonds is 27. The van der Waals surface area contributed by atoms with Gasteiger partial charge in [-0.25, -0.2) is 14.4 Å². The number of hydrogen-bond acceptors (Lipinski definition) is 17. The molecule has 10 atom stereocenters. The first-order valence-corrected chi connectivity index (χ1v) is 32.0. The van der Waals surface area contributed by atoms with Crippen LogP contribution in [0.15, 0.2) is 54.1 Å². The van der Waals surface area contributed by atoms with Gasteiger partial charge < -0.3 is 80.4 Å². The summed E-state index contributed by atoms with van der Waals surface area (Å²) in [5.74, 6) is -4.73. The number of primary amides is 1. The third-order valence-electron chi connectivity index (χ3n) is 16.3. The average Bonchev–Trinajstić information content (AvgIpc) is 1.61. The van der Waals surface area contributed by atoms with Gasteiger partial charge in [0.15, 0.2) is 5.72 Å². The summed E-state index contributed by atoms with van der Waals surface area (Å²) in [6.45, 7) is 10.7. The lowest BCUT2D eigenvalue weighted by atomic mass is 9.83. The van der Waals surface area contributed by atoms with E-state index in [1.54, 1.807) is 52.0 Å². The lowest BCUT2D eigenvalue weighted by Crippen LogP contribution is -2.63. The molecule has 8 amide bonds. The van der Waals surface area contributed by atoms with Gasteiger partial charge in [0.25, 0.3) is 5.91 Å². The number of fused-ring (bicyclic) bond motifs is 5. The first-order valence-electron chi connectivity index (χ1n) is 29.4. The number of methoxy groups -OCH3 is 3. The minimum absolute atomic E-state index is 0.0377. The number of alkyl halides is 2. The second-order valence-electron chi connectivity index (χ2n) is 23.3. The van der Waals surface area contributed by atoms with Crippen LogP contribution in [0.4, 0.5) is 21.0 Å². The number of hydrogen-bond donors (Lipinski definition) is 8. The predicted molar refractivity (Wildman–Crippen MR) is 340 cm³/mol. The molecule has 2 aromatic carbocycles. The van der Waals surface area contributed by atoms with Crippen LogP contribution in [0.25, 0.3) is 0 Å². The van der Waals surface area contributed by atoms with Gasteiger partial charge in [-0.05, 0) is 95.2 Å². The zero-order chi connectivity index (χ0) is 66.1. The summed E-state index contributed by atoms with van der Waals surface area (Å²) < 4.78 is 35.2. The minimum atomic E-state index is -1.94. The van der Waals surface area contributed by atoms with Crippen LogP contribution in [0.5, 0.6) is 11.5 Å². The molecule has 89 heavy (non-hydrogen) atoms. The van der Waals surface area contributed by atoms with E-state index < -0.39 is 119 Å². The quantitative estimate of drug-likeness (QED) is 0.0174. The van der Waals surface area contributed by atoms with Gasteiger partial charge >= 0.3 is 18.1 Å². The fourth-order valence-corrected chi connectivity index (χ4v) is 12.4. The Labute approximate surface area is 541 Å². The molecule has 28 heteroatoms. The van der Waals surface area contributed by atoms with Crippen molar-refractivity contribution in [3.8, 4) is 11.5 Å². The third-order valence-corrected chi connectivity index (χ3v) is 18.7. The van der Waals surface area contributed by atoms with Crippen LogP contribution in [-0.2, 0) is 54.1 Å². The lowest BCUT2D eigenvalue weighted by molar-refractivity contribution is -0.158. The van der Waals surface area contributed by atoms with Gasteiger partial charge in [0, 0.05) is 63.2 Å². The molecule has 25 nitrogen and oxygen atoms in total. The molecule has 3 aliphatic heterocycles. The van der Waals surface area contributed by atoms with Crippen LogP contribution in [0.1, 0.15) is 109 Å². The molecular weight excluding hydrogens is 1310 g/mol. The fourth-order valence-electron chi connectivity index (χ4n) is 10.5. The van der Waals surface area contributed by atoms with Crippen molar-refractivity contribution in [2.45, 2.75) is 159 Å². The van der Waals surface area contributed by atoms with E-state index in [0.29, 0.717) is 54.3 Å². The Hall–Kier alpha value is -6.36. The predicted octanol–water partition coefficient (Wildman–Crippen LogP) is 5.73. The molecule has 2 fully saturated rings. The van der Waals surface area contributed by atoms with Crippen molar-refractivity contribution in [2.75, 3.05) is 69.4 Å². The van der Waals surface area contributed by atoms with Crippen molar-refractivity contribution in [1.29, 1.82) is 0 Å². The average molecular weight is 1400 g/mol. The van der Waals surface area contributed by atoms with Crippen molar-refractivity contribution in [3.05, 3.63) is 70.3 Å². The van der Waals surface area contributed by atoms with Crippen molar-refractivity contribution < 1.29 is 76.7 Å². The van der Waals surface area contributed by atoms with E-state index in [-0.39, 0.29) is 60.2 Å². The molecule has 0 spiro atoms. The molecule has 4 bridgehead atoms. The number of benzene rings is 2. The summed E-state index contributed by atoms with van der Waals surface area (Å²) in [4.78, 5) is 125. The zero-order valence-electron chi connectivity index (χ0n) is 52.3. The zero-order valence-corrected chi connectivity index (χ0v) is 56.2. The largest absolute Gasteiger partial charge is 0.497 e.